The number of fused-ring (bicyclic) bond motifs is 1. The molecular formula is C21H21FN2O4S. The number of carbonyl (C=O) groups excluding carboxylic acids is 2. The van der Waals surface area contributed by atoms with Gasteiger partial charge in [0.05, 0.1) is 23.3 Å². The Hall–Kier alpha value is -2.71. The normalized spacial score (nSPS) is 15.0. The van der Waals surface area contributed by atoms with Gasteiger partial charge in [0.2, 0.25) is 0 Å². The van der Waals surface area contributed by atoms with Crippen LogP contribution in [0.2, 0.25) is 0 Å². The molecule has 1 N–H and O–H groups in total. The van der Waals surface area contributed by atoms with E-state index in [0.717, 1.165) is 4.70 Å². The molecule has 3 heterocycles. The standard InChI is InChI=1S/C21H21FN2O4S/c1-27-12-15-18-16(22)3-2-4-17(18)29-19(15)20(25)23-14-5-8-24(9-6-14)21(26)13-7-10-28-11-13/h2-4,7,10-11,14H,5-6,8-9,12H2,1H3,(H,23,25). The predicted octanol–water partition coefficient (Wildman–Crippen LogP) is 3.81. The minimum Gasteiger partial charge on any atom is -0.472 e. The highest BCUT2D eigenvalue weighted by Crippen LogP contribution is 2.34. The van der Waals surface area contributed by atoms with E-state index >= 15 is 0 Å². The average Bonchev–Trinajstić information content (AvgIpc) is 3.37. The maximum atomic E-state index is 14.3. The van der Waals surface area contributed by atoms with Gasteiger partial charge >= 0.3 is 0 Å². The van der Waals surface area contributed by atoms with E-state index in [9.17, 15) is 14.0 Å². The quantitative estimate of drug-likeness (QED) is 0.687. The molecule has 1 fully saturated rings. The second-order valence-corrected chi connectivity index (χ2v) is 8.06. The maximum absolute atomic E-state index is 14.3. The lowest BCUT2D eigenvalue weighted by Gasteiger charge is -2.32. The Balaban J connectivity index is 1.45. The smallest absolute Gasteiger partial charge is 0.261 e. The molecule has 4 rings (SSSR count). The number of nitrogens with zero attached hydrogens (tertiary/aromatic N) is 1. The van der Waals surface area contributed by atoms with Crippen molar-refractivity contribution in [1.82, 2.24) is 10.2 Å². The first kappa shape index (κ1) is 19.6. The molecule has 0 unspecified atom stereocenters. The highest BCUT2D eigenvalue weighted by molar-refractivity contribution is 7.21. The SMILES string of the molecule is COCc1c(C(=O)NC2CCN(C(=O)c3ccoc3)CC2)sc2cccc(F)c12. The van der Waals surface area contributed by atoms with Crippen molar-refractivity contribution in [3.63, 3.8) is 0 Å². The molecule has 0 saturated carbocycles. The summed E-state index contributed by atoms with van der Waals surface area (Å²) in [7, 11) is 1.53. The van der Waals surface area contributed by atoms with Crippen LogP contribution in [-0.4, -0.2) is 43.0 Å². The Labute approximate surface area is 171 Å². The van der Waals surface area contributed by atoms with Crippen LogP contribution >= 0.6 is 11.3 Å². The van der Waals surface area contributed by atoms with Crippen LogP contribution in [0.5, 0.6) is 0 Å². The van der Waals surface area contributed by atoms with Crippen molar-refractivity contribution < 1.29 is 23.1 Å². The summed E-state index contributed by atoms with van der Waals surface area (Å²) in [5.41, 5.74) is 1.11. The minimum absolute atomic E-state index is 0.0404. The number of likely N-dealkylation sites (tertiary alicyclic amines) is 1. The van der Waals surface area contributed by atoms with E-state index in [4.69, 9.17) is 9.15 Å². The number of furan rings is 1. The molecule has 0 bridgehead atoms. The number of rotatable bonds is 5. The fourth-order valence-corrected chi connectivity index (χ4v) is 4.80. The van der Waals surface area contributed by atoms with E-state index in [1.807, 2.05) is 0 Å². The fourth-order valence-electron chi connectivity index (χ4n) is 3.68. The van der Waals surface area contributed by atoms with Crippen LogP contribution in [0.25, 0.3) is 10.1 Å². The van der Waals surface area contributed by atoms with Gasteiger partial charge < -0.3 is 19.4 Å². The third-order valence-electron chi connectivity index (χ3n) is 5.14. The zero-order valence-electron chi connectivity index (χ0n) is 15.9. The number of amides is 2. The third kappa shape index (κ3) is 3.90. The van der Waals surface area contributed by atoms with Gasteiger partial charge in [-0.2, -0.15) is 0 Å². The number of carbonyl (C=O) groups is 2. The van der Waals surface area contributed by atoms with E-state index in [1.54, 1.807) is 23.1 Å². The first-order valence-corrected chi connectivity index (χ1v) is 10.2. The molecule has 0 aliphatic carbocycles. The van der Waals surface area contributed by atoms with Gasteiger partial charge in [-0.25, -0.2) is 4.39 Å². The van der Waals surface area contributed by atoms with Crippen LogP contribution < -0.4 is 5.32 Å². The molecule has 1 saturated heterocycles. The van der Waals surface area contributed by atoms with Gasteiger partial charge in [0.15, 0.2) is 0 Å². The lowest BCUT2D eigenvalue weighted by molar-refractivity contribution is 0.0697. The molecule has 2 amide bonds. The average molecular weight is 416 g/mol. The third-order valence-corrected chi connectivity index (χ3v) is 6.34. The molecule has 0 spiro atoms. The first-order chi connectivity index (χ1) is 14.1. The molecule has 152 valence electrons. The summed E-state index contributed by atoms with van der Waals surface area (Å²) >= 11 is 1.27. The zero-order chi connectivity index (χ0) is 20.4. The van der Waals surface area contributed by atoms with E-state index in [2.05, 4.69) is 5.32 Å². The Morgan fingerprint density at radius 3 is 2.79 bits per heavy atom. The van der Waals surface area contributed by atoms with Gasteiger partial charge in [-0.3, -0.25) is 9.59 Å². The Kier molecular flexibility index (Phi) is 5.64. The van der Waals surface area contributed by atoms with Crippen molar-refractivity contribution in [2.45, 2.75) is 25.5 Å². The van der Waals surface area contributed by atoms with Gasteiger partial charge in [0, 0.05) is 41.9 Å². The van der Waals surface area contributed by atoms with Gasteiger partial charge in [-0.1, -0.05) is 6.07 Å². The molecule has 6 nitrogen and oxygen atoms in total. The van der Waals surface area contributed by atoms with Crippen LogP contribution in [0.4, 0.5) is 4.39 Å². The fraction of sp³-hybridized carbons (Fsp3) is 0.333. The van der Waals surface area contributed by atoms with Crippen molar-refractivity contribution in [3.8, 4) is 0 Å². The monoisotopic (exact) mass is 416 g/mol. The zero-order valence-corrected chi connectivity index (χ0v) is 16.8. The van der Waals surface area contributed by atoms with Crippen molar-refractivity contribution in [1.29, 1.82) is 0 Å². The molecule has 1 aromatic carbocycles. The Bertz CT molecular complexity index is 1020. The number of hydrogen-bond acceptors (Lipinski definition) is 5. The van der Waals surface area contributed by atoms with E-state index in [1.165, 1.54) is 37.0 Å². The predicted molar refractivity (Wildman–Crippen MR) is 108 cm³/mol. The summed E-state index contributed by atoms with van der Waals surface area (Å²) in [4.78, 5) is 27.5. The second-order valence-electron chi connectivity index (χ2n) is 7.01. The molecule has 3 aromatic rings. The van der Waals surface area contributed by atoms with Crippen molar-refractivity contribution >= 4 is 33.2 Å². The first-order valence-electron chi connectivity index (χ1n) is 9.39. The van der Waals surface area contributed by atoms with Crippen molar-refractivity contribution in [2.24, 2.45) is 0 Å². The largest absolute Gasteiger partial charge is 0.472 e. The molecule has 8 heteroatoms. The van der Waals surface area contributed by atoms with Gasteiger partial charge in [-0.05, 0) is 31.0 Å². The van der Waals surface area contributed by atoms with Crippen LogP contribution in [-0.2, 0) is 11.3 Å². The van der Waals surface area contributed by atoms with Crippen molar-refractivity contribution in [2.75, 3.05) is 20.2 Å². The van der Waals surface area contributed by atoms with Crippen LogP contribution in [0.3, 0.4) is 0 Å². The highest BCUT2D eigenvalue weighted by Gasteiger charge is 2.27. The van der Waals surface area contributed by atoms with Crippen LogP contribution in [0, 0.1) is 5.82 Å². The molecule has 0 atom stereocenters. The minimum atomic E-state index is -0.351. The number of nitrogens with one attached hydrogen (secondary N) is 1. The molecule has 0 radical (unpaired) electrons. The highest BCUT2D eigenvalue weighted by atomic mass is 32.1. The number of halogens is 1. The van der Waals surface area contributed by atoms with Crippen LogP contribution in [0.1, 0.15) is 38.4 Å². The summed E-state index contributed by atoms with van der Waals surface area (Å²) in [6.45, 7) is 1.28. The van der Waals surface area contributed by atoms with Crippen molar-refractivity contribution in [3.05, 3.63) is 58.6 Å². The summed E-state index contributed by atoms with van der Waals surface area (Å²) in [5.74, 6) is -0.640. The number of benzene rings is 1. The number of thiophene rings is 1. The van der Waals surface area contributed by atoms with Gasteiger partial charge in [0.25, 0.3) is 11.8 Å². The second kappa shape index (κ2) is 8.34. The number of methoxy groups -OCH3 is 1. The van der Waals surface area contributed by atoms with Gasteiger partial charge in [-0.15, -0.1) is 11.3 Å². The number of piperidine rings is 1. The van der Waals surface area contributed by atoms with E-state index < -0.39 is 0 Å². The molecule has 2 aromatic heterocycles. The lowest BCUT2D eigenvalue weighted by atomic mass is 10.0. The van der Waals surface area contributed by atoms with Crippen LogP contribution in [0.15, 0.2) is 41.2 Å². The Morgan fingerprint density at radius 2 is 2.10 bits per heavy atom. The van der Waals surface area contributed by atoms with Gasteiger partial charge in [0.1, 0.15) is 12.1 Å². The molecule has 1 aliphatic heterocycles. The Morgan fingerprint density at radius 1 is 1.31 bits per heavy atom. The van der Waals surface area contributed by atoms with E-state index in [-0.39, 0.29) is 30.3 Å². The van der Waals surface area contributed by atoms with E-state index in [0.29, 0.717) is 47.3 Å². The number of hydrogen-bond donors (Lipinski definition) is 1. The topological polar surface area (TPSA) is 71.8 Å². The number of ether oxygens (including phenoxy) is 1. The molecular weight excluding hydrogens is 395 g/mol. The summed E-state index contributed by atoms with van der Waals surface area (Å²) in [6, 6.07) is 6.44. The summed E-state index contributed by atoms with van der Waals surface area (Å²) in [5, 5.41) is 3.49. The summed E-state index contributed by atoms with van der Waals surface area (Å²) in [6.07, 6.45) is 4.24. The lowest BCUT2D eigenvalue weighted by Crippen LogP contribution is -2.46. The molecule has 29 heavy (non-hydrogen) atoms. The maximum Gasteiger partial charge on any atom is 0.261 e. The molecule has 1 aliphatic rings. The summed E-state index contributed by atoms with van der Waals surface area (Å²) < 4.78 is 25.2.